The summed E-state index contributed by atoms with van der Waals surface area (Å²) in [5.74, 6) is -0.944. The molecule has 380 valence electrons. The number of unbranched alkanes of at least 4 members (excludes halogenated alkanes) is 19. The molecule has 0 aromatic carbocycles. The van der Waals surface area contributed by atoms with Crippen molar-refractivity contribution in [3.05, 3.63) is 109 Å². The predicted molar refractivity (Wildman–Crippen MR) is 288 cm³/mol. The lowest BCUT2D eigenvalue weighted by Crippen LogP contribution is -2.30. The lowest BCUT2D eigenvalue weighted by molar-refractivity contribution is -0.167. The summed E-state index contributed by atoms with van der Waals surface area (Å²) in [5, 5.41) is 0. The van der Waals surface area contributed by atoms with Gasteiger partial charge < -0.3 is 14.2 Å². The van der Waals surface area contributed by atoms with E-state index in [0.717, 1.165) is 148 Å². The summed E-state index contributed by atoms with van der Waals surface area (Å²) in [6.07, 6.45) is 74.0. The highest BCUT2D eigenvalue weighted by Gasteiger charge is 2.19. The van der Waals surface area contributed by atoms with Gasteiger partial charge in [-0.05, 0) is 109 Å². The Kier molecular flexibility index (Phi) is 51.5. The van der Waals surface area contributed by atoms with E-state index in [1.807, 2.05) is 0 Å². The van der Waals surface area contributed by atoms with Gasteiger partial charge in [0.15, 0.2) is 6.10 Å². The van der Waals surface area contributed by atoms with Crippen molar-refractivity contribution in [1.29, 1.82) is 0 Å². The molecular formula is C61H100O6. The summed E-state index contributed by atoms with van der Waals surface area (Å²) in [7, 11) is 0. The van der Waals surface area contributed by atoms with Crippen LogP contribution in [0.2, 0.25) is 0 Å². The van der Waals surface area contributed by atoms with Crippen LogP contribution in [0.25, 0.3) is 0 Å². The van der Waals surface area contributed by atoms with E-state index in [9.17, 15) is 14.4 Å². The molecule has 6 heteroatoms. The number of esters is 3. The first-order valence-electron chi connectivity index (χ1n) is 27.4. The molecule has 0 aliphatic heterocycles. The van der Waals surface area contributed by atoms with Gasteiger partial charge in [0.2, 0.25) is 0 Å². The molecule has 0 amide bonds. The maximum Gasteiger partial charge on any atom is 0.306 e. The van der Waals surface area contributed by atoms with Crippen molar-refractivity contribution in [3.8, 4) is 0 Å². The molecule has 0 bridgehead atoms. The zero-order valence-corrected chi connectivity index (χ0v) is 43.4. The van der Waals surface area contributed by atoms with Gasteiger partial charge in [0.1, 0.15) is 13.2 Å². The number of carbonyl (C=O) groups is 3. The SMILES string of the molecule is CC/C=C\C/C=C\C/C=C\C/C=C\C/C=C\C/C=C\C/C=C\C/C=C\CCCCCCC(=O)OCC(COC(=O)CCCCCCC)OC(=O)CCCCCCC/C=C\CCCCCCCC. The van der Waals surface area contributed by atoms with E-state index in [2.05, 4.69) is 130 Å². The molecule has 0 spiro atoms. The Labute approximate surface area is 412 Å². The van der Waals surface area contributed by atoms with Gasteiger partial charge in [-0.15, -0.1) is 0 Å². The van der Waals surface area contributed by atoms with Gasteiger partial charge in [-0.25, -0.2) is 0 Å². The molecule has 0 N–H and O–H groups in total. The van der Waals surface area contributed by atoms with Crippen LogP contribution in [0.15, 0.2) is 109 Å². The van der Waals surface area contributed by atoms with Crippen molar-refractivity contribution in [3.63, 3.8) is 0 Å². The maximum absolute atomic E-state index is 12.7. The maximum atomic E-state index is 12.7. The first-order chi connectivity index (χ1) is 33.0. The summed E-state index contributed by atoms with van der Waals surface area (Å²) in [5.41, 5.74) is 0. The molecule has 1 atom stereocenters. The van der Waals surface area contributed by atoms with Crippen molar-refractivity contribution in [1.82, 2.24) is 0 Å². The Morgan fingerprint density at radius 3 is 0.925 bits per heavy atom. The highest BCUT2D eigenvalue weighted by Crippen LogP contribution is 2.13. The van der Waals surface area contributed by atoms with Gasteiger partial charge in [-0.2, -0.15) is 0 Å². The van der Waals surface area contributed by atoms with Gasteiger partial charge in [0.05, 0.1) is 0 Å². The molecule has 67 heavy (non-hydrogen) atoms. The third-order valence-electron chi connectivity index (χ3n) is 11.3. The predicted octanol–water partition coefficient (Wildman–Crippen LogP) is 18.3. The number of hydrogen-bond donors (Lipinski definition) is 0. The van der Waals surface area contributed by atoms with Gasteiger partial charge in [-0.1, -0.05) is 220 Å². The summed E-state index contributed by atoms with van der Waals surface area (Å²) in [6.45, 7) is 6.39. The normalized spacial score (nSPS) is 12.9. The quantitative estimate of drug-likeness (QED) is 0.0262. The fraction of sp³-hybridized carbons (Fsp3) is 0.656. The van der Waals surface area contributed by atoms with Gasteiger partial charge in [0.25, 0.3) is 0 Å². The molecule has 0 heterocycles. The van der Waals surface area contributed by atoms with E-state index in [0.29, 0.717) is 19.3 Å². The fourth-order valence-electron chi connectivity index (χ4n) is 7.16. The van der Waals surface area contributed by atoms with Crippen molar-refractivity contribution in [2.24, 2.45) is 0 Å². The number of ether oxygens (including phenoxy) is 3. The highest BCUT2D eigenvalue weighted by molar-refractivity contribution is 5.71. The van der Waals surface area contributed by atoms with E-state index in [-0.39, 0.29) is 31.1 Å². The molecule has 0 saturated carbocycles. The summed E-state index contributed by atoms with van der Waals surface area (Å²) < 4.78 is 16.6. The Balaban J connectivity index is 4.19. The highest BCUT2D eigenvalue weighted by atomic mass is 16.6. The minimum Gasteiger partial charge on any atom is -0.462 e. The van der Waals surface area contributed by atoms with Crippen LogP contribution in [0.1, 0.15) is 239 Å². The Hall–Kier alpha value is -3.93. The minimum absolute atomic E-state index is 0.0913. The Bertz CT molecular complexity index is 1390. The zero-order chi connectivity index (χ0) is 48.6. The average Bonchev–Trinajstić information content (AvgIpc) is 3.33. The van der Waals surface area contributed by atoms with E-state index in [1.165, 1.54) is 51.4 Å². The van der Waals surface area contributed by atoms with Crippen LogP contribution < -0.4 is 0 Å². The number of carbonyl (C=O) groups excluding carboxylic acids is 3. The topological polar surface area (TPSA) is 78.9 Å². The van der Waals surface area contributed by atoms with Gasteiger partial charge in [0, 0.05) is 19.3 Å². The van der Waals surface area contributed by atoms with Crippen molar-refractivity contribution >= 4 is 17.9 Å². The van der Waals surface area contributed by atoms with Gasteiger partial charge >= 0.3 is 17.9 Å². The number of rotatable bonds is 48. The zero-order valence-electron chi connectivity index (χ0n) is 43.4. The molecule has 0 fully saturated rings. The van der Waals surface area contributed by atoms with Crippen LogP contribution in [0.5, 0.6) is 0 Å². The third-order valence-corrected chi connectivity index (χ3v) is 11.3. The van der Waals surface area contributed by atoms with Crippen molar-refractivity contribution in [2.45, 2.75) is 245 Å². The second-order valence-corrected chi connectivity index (χ2v) is 17.8. The number of hydrogen-bond acceptors (Lipinski definition) is 6. The van der Waals surface area contributed by atoms with E-state index in [4.69, 9.17) is 14.2 Å². The molecule has 0 aliphatic carbocycles. The molecule has 0 aliphatic rings. The van der Waals surface area contributed by atoms with E-state index < -0.39 is 6.10 Å². The molecule has 6 nitrogen and oxygen atoms in total. The Morgan fingerprint density at radius 2 is 0.582 bits per heavy atom. The monoisotopic (exact) mass is 929 g/mol. The van der Waals surface area contributed by atoms with Crippen LogP contribution in [0, 0.1) is 0 Å². The lowest BCUT2D eigenvalue weighted by Gasteiger charge is -2.18. The van der Waals surface area contributed by atoms with Crippen molar-refractivity contribution < 1.29 is 28.6 Å². The molecule has 0 aromatic heterocycles. The van der Waals surface area contributed by atoms with Crippen LogP contribution in [-0.4, -0.2) is 37.2 Å². The molecular weight excluding hydrogens is 829 g/mol. The lowest BCUT2D eigenvalue weighted by atomic mass is 10.1. The summed E-state index contributed by atoms with van der Waals surface area (Å²) >= 11 is 0. The molecule has 1 unspecified atom stereocenters. The first kappa shape index (κ1) is 63.1. The standard InChI is InChI=1S/C61H100O6/c1-4-7-10-13-15-17-19-21-23-24-25-26-27-28-29-30-31-32-33-34-35-36-38-39-41-43-45-48-51-54-60(63)66-57-58(56-65-59(62)53-50-47-12-9-6-3)67-61(64)55-52-49-46-44-42-40-37-22-20-18-16-14-11-8-5-2/h7,10,15,17,21-23,25-26,28-29,31-32,34-35,37-39,58H,4-6,8-9,11-14,16,18-20,24,27,30,33,36,40-57H2,1-3H3/b10-7-,17-15-,23-21-,26-25-,29-28-,32-31-,35-34-,37-22-,39-38-. The summed E-state index contributed by atoms with van der Waals surface area (Å²) in [4.78, 5) is 37.7. The smallest absolute Gasteiger partial charge is 0.306 e. The molecule has 0 saturated heterocycles. The van der Waals surface area contributed by atoms with Crippen LogP contribution in [0.3, 0.4) is 0 Å². The van der Waals surface area contributed by atoms with Gasteiger partial charge in [-0.3, -0.25) is 14.4 Å². The Morgan fingerprint density at radius 1 is 0.313 bits per heavy atom. The third kappa shape index (κ3) is 52.9. The van der Waals surface area contributed by atoms with E-state index >= 15 is 0 Å². The number of allylic oxidation sites excluding steroid dienone is 18. The average molecular weight is 929 g/mol. The van der Waals surface area contributed by atoms with Crippen LogP contribution in [0.4, 0.5) is 0 Å². The van der Waals surface area contributed by atoms with Crippen molar-refractivity contribution in [2.75, 3.05) is 13.2 Å². The molecule has 0 aromatic rings. The molecule has 0 radical (unpaired) electrons. The summed E-state index contributed by atoms with van der Waals surface area (Å²) in [6, 6.07) is 0. The largest absolute Gasteiger partial charge is 0.462 e. The second-order valence-electron chi connectivity index (χ2n) is 17.8. The minimum atomic E-state index is -0.790. The second kappa shape index (κ2) is 54.7. The van der Waals surface area contributed by atoms with E-state index in [1.54, 1.807) is 0 Å². The van der Waals surface area contributed by atoms with Crippen LogP contribution in [-0.2, 0) is 28.6 Å². The fourth-order valence-corrected chi connectivity index (χ4v) is 7.16. The molecule has 0 rings (SSSR count). The van der Waals surface area contributed by atoms with Crippen LogP contribution >= 0.6 is 0 Å². The first-order valence-corrected chi connectivity index (χ1v) is 27.4.